The molecule has 4 aliphatic heterocycles. The van der Waals surface area contributed by atoms with Gasteiger partial charge >= 0.3 is 0 Å². The van der Waals surface area contributed by atoms with Gasteiger partial charge in [0.1, 0.15) is 17.9 Å². The van der Waals surface area contributed by atoms with E-state index < -0.39 is 35.8 Å². The molecule has 0 saturated carbocycles. The molecule has 2 unspecified atom stereocenters. The van der Waals surface area contributed by atoms with Crippen molar-refractivity contribution in [1.29, 1.82) is 0 Å². The standard InChI is InChI=1S/C27H34N10O4/c1-13-7-8-16(36-35-13)23(40)30-11-17-20-27(34-24(28)33-20)21(38)18(12-37(27)25(29)32-17)31-22(39)14-5-4-6-15-19(14)41-10-9-26(15,2)3/h4-8,17-18,20-21,38H,9-12H2,1-3H3,(H2,29,32)(H,30,40)(H,31,39)(H3,28,33,34)/t17-,18+,20?,21+,27?/m0/s1. The number of aliphatic hydroxyl groups is 1. The van der Waals surface area contributed by atoms with Gasteiger partial charge in [0.05, 0.1) is 29.9 Å². The summed E-state index contributed by atoms with van der Waals surface area (Å²) in [6.45, 7) is 6.75. The topological polar surface area (TPSA) is 205 Å². The average molecular weight is 563 g/mol. The van der Waals surface area contributed by atoms with Crippen molar-refractivity contribution in [2.45, 2.75) is 62.5 Å². The number of hydrogen-bond donors (Lipinski definition) is 6. The SMILES string of the molecule is Cc1ccc(C(=O)NC[C@@H]2N=C(N)N3C[C@@H](NC(=O)c4cccc5c4OCCC5(C)C)[C@@H](O)C34NC(N)=NC24)nn1. The second-order valence-corrected chi connectivity index (χ2v) is 11.5. The van der Waals surface area contributed by atoms with Crippen LogP contribution in [0.4, 0.5) is 0 Å². The van der Waals surface area contributed by atoms with Crippen LogP contribution in [-0.2, 0) is 5.41 Å². The van der Waals surface area contributed by atoms with Crippen molar-refractivity contribution in [2.24, 2.45) is 21.5 Å². The summed E-state index contributed by atoms with van der Waals surface area (Å²) in [6.07, 6.45) is -0.329. The molecule has 4 aliphatic rings. The maximum atomic E-state index is 13.6. The number of nitrogens with two attached hydrogens (primary N) is 2. The Labute approximate surface area is 236 Å². The summed E-state index contributed by atoms with van der Waals surface area (Å²) in [6, 6.07) is 6.71. The quantitative estimate of drug-likeness (QED) is 0.255. The number of amides is 2. The molecule has 0 radical (unpaired) electrons. The lowest BCUT2D eigenvalue weighted by molar-refractivity contribution is 0.0143. The summed E-state index contributed by atoms with van der Waals surface area (Å²) in [5, 5.41) is 28.4. The first-order chi connectivity index (χ1) is 19.5. The molecule has 14 nitrogen and oxygen atoms in total. The van der Waals surface area contributed by atoms with Crippen molar-refractivity contribution < 1.29 is 19.4 Å². The molecule has 5 heterocycles. The van der Waals surface area contributed by atoms with Crippen molar-refractivity contribution in [2.75, 3.05) is 19.7 Å². The third kappa shape index (κ3) is 4.29. The number of para-hydroxylation sites is 1. The lowest BCUT2D eigenvalue weighted by atomic mass is 9.79. The summed E-state index contributed by atoms with van der Waals surface area (Å²) in [5.74, 6) is -0.0131. The van der Waals surface area contributed by atoms with E-state index in [9.17, 15) is 14.7 Å². The first-order valence-corrected chi connectivity index (χ1v) is 13.6. The number of ether oxygens (including phenoxy) is 1. The number of aryl methyl sites for hydroxylation is 1. The predicted octanol–water partition coefficient (Wildman–Crippen LogP) is -1.27. The lowest BCUT2D eigenvalue weighted by Crippen LogP contribution is -2.73. The number of rotatable bonds is 5. The zero-order chi connectivity index (χ0) is 29.1. The Bertz CT molecular complexity index is 1460. The Morgan fingerprint density at radius 2 is 1.98 bits per heavy atom. The maximum absolute atomic E-state index is 13.6. The number of aliphatic hydroxyl groups excluding tert-OH is 1. The summed E-state index contributed by atoms with van der Waals surface area (Å²) in [5.41, 5.74) is 13.3. The van der Waals surface area contributed by atoms with Gasteiger partial charge in [-0.25, -0.2) is 9.98 Å². The number of nitrogens with zero attached hydrogens (tertiary/aromatic N) is 5. The van der Waals surface area contributed by atoms with Crippen LogP contribution in [0.5, 0.6) is 5.75 Å². The predicted molar refractivity (Wildman–Crippen MR) is 149 cm³/mol. The van der Waals surface area contributed by atoms with E-state index in [1.54, 1.807) is 30.0 Å². The molecule has 216 valence electrons. The highest BCUT2D eigenvalue weighted by Crippen LogP contribution is 2.42. The van der Waals surface area contributed by atoms with Gasteiger partial charge in [0.2, 0.25) is 0 Å². The van der Waals surface area contributed by atoms with E-state index in [0.717, 1.165) is 12.0 Å². The van der Waals surface area contributed by atoms with Crippen LogP contribution < -0.4 is 32.2 Å². The Morgan fingerprint density at radius 3 is 2.73 bits per heavy atom. The van der Waals surface area contributed by atoms with Crippen LogP contribution in [0.3, 0.4) is 0 Å². The van der Waals surface area contributed by atoms with E-state index in [-0.39, 0.29) is 42.0 Å². The van der Waals surface area contributed by atoms with Crippen LogP contribution in [-0.4, -0.2) is 93.5 Å². The normalized spacial score (nSPS) is 29.1. The molecule has 1 aromatic heterocycles. The summed E-state index contributed by atoms with van der Waals surface area (Å²) < 4.78 is 5.93. The molecule has 1 aromatic carbocycles. The first kappa shape index (κ1) is 26.7. The summed E-state index contributed by atoms with van der Waals surface area (Å²) in [4.78, 5) is 37.0. The van der Waals surface area contributed by atoms with Crippen LogP contribution in [0.15, 0.2) is 40.3 Å². The number of carbonyl (C=O) groups excluding carboxylic acids is 2. The Kier molecular flexibility index (Phi) is 6.25. The monoisotopic (exact) mass is 562 g/mol. The van der Waals surface area contributed by atoms with Gasteiger partial charge in [0, 0.05) is 18.7 Å². The number of carbonyl (C=O) groups is 2. The molecule has 1 saturated heterocycles. The maximum Gasteiger partial charge on any atom is 0.271 e. The smallest absolute Gasteiger partial charge is 0.271 e. The largest absolute Gasteiger partial charge is 0.492 e. The van der Waals surface area contributed by atoms with E-state index >= 15 is 0 Å². The van der Waals surface area contributed by atoms with Gasteiger partial charge in [-0.15, -0.1) is 5.10 Å². The van der Waals surface area contributed by atoms with Gasteiger partial charge in [-0.2, -0.15) is 5.10 Å². The fraction of sp³-hybridized carbons (Fsp3) is 0.481. The Morgan fingerprint density at radius 1 is 1.17 bits per heavy atom. The van der Waals surface area contributed by atoms with Crippen molar-refractivity contribution >= 4 is 23.7 Å². The number of aromatic nitrogens is 2. The molecular formula is C27H34N10O4. The van der Waals surface area contributed by atoms with Crippen LogP contribution in [0, 0.1) is 6.92 Å². The Balaban J connectivity index is 1.22. The number of guanidine groups is 2. The van der Waals surface area contributed by atoms with Crippen molar-refractivity contribution in [1.82, 2.24) is 31.0 Å². The van der Waals surface area contributed by atoms with Crippen molar-refractivity contribution in [3.63, 3.8) is 0 Å². The Hall–Kier alpha value is -4.46. The third-order valence-electron chi connectivity index (χ3n) is 8.44. The number of hydrogen-bond acceptors (Lipinski definition) is 12. The van der Waals surface area contributed by atoms with E-state index in [0.29, 0.717) is 23.6 Å². The molecule has 14 heteroatoms. The van der Waals surface area contributed by atoms with E-state index in [1.165, 1.54) is 0 Å². The van der Waals surface area contributed by atoms with Crippen molar-refractivity contribution in [3.05, 3.63) is 52.8 Å². The fourth-order valence-electron chi connectivity index (χ4n) is 6.21. The molecule has 5 atom stereocenters. The highest BCUT2D eigenvalue weighted by Gasteiger charge is 2.65. The van der Waals surface area contributed by atoms with E-state index in [4.69, 9.17) is 16.2 Å². The average Bonchev–Trinajstić information content (AvgIpc) is 3.43. The minimum atomic E-state index is -1.26. The van der Waals surface area contributed by atoms with E-state index in [2.05, 4.69) is 50.0 Å². The number of fused-ring (bicyclic) bond motifs is 1. The molecule has 6 rings (SSSR count). The fourth-order valence-corrected chi connectivity index (χ4v) is 6.21. The van der Waals surface area contributed by atoms with Gasteiger partial charge < -0.3 is 42.2 Å². The molecule has 8 N–H and O–H groups in total. The zero-order valence-electron chi connectivity index (χ0n) is 23.1. The second kappa shape index (κ2) is 9.58. The van der Waals surface area contributed by atoms with Crippen LogP contribution in [0.2, 0.25) is 0 Å². The minimum Gasteiger partial charge on any atom is -0.492 e. The molecule has 0 aliphatic carbocycles. The molecule has 1 spiro atoms. The molecule has 0 bridgehead atoms. The van der Waals surface area contributed by atoms with Gasteiger partial charge in [0.25, 0.3) is 11.8 Å². The molecule has 41 heavy (non-hydrogen) atoms. The minimum absolute atomic E-state index is 0.0564. The molecular weight excluding hydrogens is 528 g/mol. The lowest BCUT2D eigenvalue weighted by Gasteiger charge is -2.46. The zero-order valence-corrected chi connectivity index (χ0v) is 23.1. The second-order valence-electron chi connectivity index (χ2n) is 11.5. The highest BCUT2D eigenvalue weighted by atomic mass is 16.5. The van der Waals surface area contributed by atoms with Crippen LogP contribution in [0.25, 0.3) is 0 Å². The first-order valence-electron chi connectivity index (χ1n) is 13.6. The third-order valence-corrected chi connectivity index (χ3v) is 8.44. The number of nitrogens with one attached hydrogen (secondary N) is 3. The summed E-state index contributed by atoms with van der Waals surface area (Å²) in [7, 11) is 0. The molecule has 2 aromatic rings. The van der Waals surface area contributed by atoms with Gasteiger partial charge in [0.15, 0.2) is 23.3 Å². The van der Waals surface area contributed by atoms with Crippen LogP contribution >= 0.6 is 0 Å². The highest BCUT2D eigenvalue weighted by molar-refractivity contribution is 5.98. The number of benzene rings is 1. The van der Waals surface area contributed by atoms with Crippen LogP contribution in [0.1, 0.15) is 52.4 Å². The number of aliphatic imine (C=N–C) groups is 2. The van der Waals surface area contributed by atoms with Gasteiger partial charge in [-0.1, -0.05) is 26.0 Å². The van der Waals surface area contributed by atoms with Gasteiger partial charge in [-0.05, 0) is 37.0 Å². The molecule has 1 fully saturated rings. The van der Waals surface area contributed by atoms with E-state index in [1.807, 2.05) is 12.1 Å². The van der Waals surface area contributed by atoms with Gasteiger partial charge in [-0.3, -0.25) is 9.59 Å². The van der Waals surface area contributed by atoms with Crippen molar-refractivity contribution in [3.8, 4) is 5.75 Å². The summed E-state index contributed by atoms with van der Waals surface area (Å²) >= 11 is 0. The molecule has 2 amide bonds.